The number of amides is 2. The predicted molar refractivity (Wildman–Crippen MR) is 102 cm³/mol. The molecule has 0 aliphatic carbocycles. The standard InChI is InChI=1S/C17H10ClF2N5O3S/c18-7-5-22-25-11(7)16(27)24-12-10-6(9-2-1-3-28-9)4-8(14(19)20)23-17(10)29-13(12)15(21)26/h1-5,14H,(H2,21,26)(H,22,25)(H,24,27). The summed E-state index contributed by atoms with van der Waals surface area (Å²) in [6.45, 7) is 0. The van der Waals surface area contributed by atoms with Crippen LogP contribution in [0.25, 0.3) is 21.5 Å². The van der Waals surface area contributed by atoms with Gasteiger partial charge < -0.3 is 15.5 Å². The third-order valence-corrected chi connectivity index (χ3v) is 5.36. The Labute approximate surface area is 169 Å². The Morgan fingerprint density at radius 1 is 1.38 bits per heavy atom. The first-order valence-corrected chi connectivity index (χ1v) is 9.15. The van der Waals surface area contributed by atoms with Crippen molar-refractivity contribution in [3.8, 4) is 11.3 Å². The summed E-state index contributed by atoms with van der Waals surface area (Å²) in [7, 11) is 0. The van der Waals surface area contributed by atoms with Crippen LogP contribution in [0.2, 0.25) is 5.02 Å². The number of aromatic amines is 1. The summed E-state index contributed by atoms with van der Waals surface area (Å²) in [5.41, 5.74) is 5.14. The Bertz CT molecular complexity index is 1240. The lowest BCUT2D eigenvalue weighted by Crippen LogP contribution is -2.17. The second kappa shape index (κ2) is 7.26. The van der Waals surface area contributed by atoms with E-state index in [-0.39, 0.29) is 42.8 Å². The number of furan rings is 1. The average molecular weight is 438 g/mol. The highest BCUT2D eigenvalue weighted by Gasteiger charge is 2.26. The number of pyridine rings is 1. The maximum Gasteiger partial charge on any atom is 0.280 e. The molecule has 0 radical (unpaired) electrons. The summed E-state index contributed by atoms with van der Waals surface area (Å²) in [6, 6.07) is 4.28. The Kier molecular flexibility index (Phi) is 4.76. The van der Waals surface area contributed by atoms with Gasteiger partial charge in [0.25, 0.3) is 18.2 Å². The summed E-state index contributed by atoms with van der Waals surface area (Å²) < 4.78 is 32.0. The zero-order valence-electron chi connectivity index (χ0n) is 14.2. The lowest BCUT2D eigenvalue weighted by molar-refractivity contribution is 0.100. The number of nitrogens with zero attached hydrogens (tertiary/aromatic N) is 2. The van der Waals surface area contributed by atoms with Crippen LogP contribution in [0.4, 0.5) is 14.5 Å². The first-order chi connectivity index (χ1) is 13.9. The first kappa shape index (κ1) is 19.0. The molecule has 4 N–H and O–H groups in total. The van der Waals surface area contributed by atoms with Crippen LogP contribution in [0.5, 0.6) is 0 Å². The number of thiophene rings is 1. The van der Waals surface area contributed by atoms with Gasteiger partial charge in [-0.15, -0.1) is 11.3 Å². The molecule has 4 rings (SSSR count). The molecule has 2 amide bonds. The Hall–Kier alpha value is -3.31. The Morgan fingerprint density at radius 3 is 2.76 bits per heavy atom. The number of primary amides is 1. The van der Waals surface area contributed by atoms with Crippen LogP contribution in [0, 0.1) is 0 Å². The molecular formula is C17H10ClF2N5O3S. The molecule has 0 spiro atoms. The van der Waals surface area contributed by atoms with Crippen molar-refractivity contribution < 1.29 is 22.8 Å². The zero-order valence-corrected chi connectivity index (χ0v) is 15.8. The summed E-state index contributed by atoms with van der Waals surface area (Å²) in [5, 5.41) is 8.96. The number of carbonyl (C=O) groups is 2. The van der Waals surface area contributed by atoms with Gasteiger partial charge in [-0.3, -0.25) is 14.7 Å². The van der Waals surface area contributed by atoms with Gasteiger partial charge in [0.15, 0.2) is 0 Å². The maximum atomic E-state index is 13.3. The smallest absolute Gasteiger partial charge is 0.280 e. The van der Waals surface area contributed by atoms with Crippen molar-refractivity contribution in [2.24, 2.45) is 5.73 Å². The number of rotatable bonds is 5. The monoisotopic (exact) mass is 437 g/mol. The SMILES string of the molecule is NC(=O)c1sc2nc(C(F)F)cc(-c3ccco3)c2c1NC(=O)c1[nH]ncc1Cl. The second-order valence-corrected chi connectivity index (χ2v) is 7.18. The van der Waals surface area contributed by atoms with E-state index in [1.54, 1.807) is 12.1 Å². The highest BCUT2D eigenvalue weighted by molar-refractivity contribution is 7.21. The van der Waals surface area contributed by atoms with E-state index in [0.29, 0.717) is 0 Å². The fraction of sp³-hybridized carbons (Fsp3) is 0.0588. The lowest BCUT2D eigenvalue weighted by Gasteiger charge is -2.09. The molecule has 0 aliphatic heterocycles. The highest BCUT2D eigenvalue weighted by atomic mass is 35.5. The summed E-state index contributed by atoms with van der Waals surface area (Å²) >= 11 is 6.69. The van der Waals surface area contributed by atoms with Crippen LogP contribution in [0.15, 0.2) is 35.1 Å². The quantitative estimate of drug-likeness (QED) is 0.430. The molecule has 148 valence electrons. The molecule has 0 atom stereocenters. The van der Waals surface area contributed by atoms with Crippen LogP contribution in [0.1, 0.15) is 32.3 Å². The van der Waals surface area contributed by atoms with Crippen molar-refractivity contribution in [3.05, 3.63) is 51.9 Å². The molecule has 0 saturated carbocycles. The number of alkyl halides is 2. The molecule has 4 heterocycles. The van der Waals surface area contributed by atoms with Gasteiger partial charge in [0.2, 0.25) is 0 Å². The second-order valence-electron chi connectivity index (χ2n) is 5.77. The maximum absolute atomic E-state index is 13.3. The molecule has 29 heavy (non-hydrogen) atoms. The van der Waals surface area contributed by atoms with Gasteiger partial charge >= 0.3 is 0 Å². The van der Waals surface area contributed by atoms with E-state index in [1.165, 1.54) is 12.5 Å². The number of anilines is 1. The van der Waals surface area contributed by atoms with Crippen LogP contribution in [-0.4, -0.2) is 27.0 Å². The third kappa shape index (κ3) is 3.34. The molecule has 12 heteroatoms. The normalized spacial score (nSPS) is 11.3. The summed E-state index contributed by atoms with van der Waals surface area (Å²) in [5.74, 6) is -1.30. The molecule has 0 unspecified atom stereocenters. The number of fused-ring (bicyclic) bond motifs is 1. The zero-order chi connectivity index (χ0) is 20.7. The molecule has 0 fully saturated rings. The number of hydrogen-bond donors (Lipinski definition) is 3. The van der Waals surface area contributed by atoms with Gasteiger partial charge in [-0.05, 0) is 18.2 Å². The minimum absolute atomic E-state index is 0.0212. The van der Waals surface area contributed by atoms with E-state index < -0.39 is 23.9 Å². The van der Waals surface area contributed by atoms with Crippen molar-refractivity contribution >= 4 is 50.7 Å². The third-order valence-electron chi connectivity index (χ3n) is 3.97. The van der Waals surface area contributed by atoms with Gasteiger partial charge in [0.1, 0.15) is 26.9 Å². The largest absolute Gasteiger partial charge is 0.464 e. The van der Waals surface area contributed by atoms with Crippen molar-refractivity contribution in [1.29, 1.82) is 0 Å². The van der Waals surface area contributed by atoms with Gasteiger partial charge in [-0.2, -0.15) is 5.10 Å². The highest BCUT2D eigenvalue weighted by Crippen LogP contribution is 2.42. The number of aromatic nitrogens is 3. The number of halogens is 3. The van der Waals surface area contributed by atoms with E-state index >= 15 is 0 Å². The molecule has 4 aromatic rings. The van der Waals surface area contributed by atoms with E-state index in [2.05, 4.69) is 20.5 Å². The fourth-order valence-electron chi connectivity index (χ4n) is 2.75. The van der Waals surface area contributed by atoms with E-state index in [0.717, 1.165) is 17.4 Å². The molecule has 8 nitrogen and oxygen atoms in total. The van der Waals surface area contributed by atoms with E-state index in [9.17, 15) is 18.4 Å². The summed E-state index contributed by atoms with van der Waals surface area (Å²) in [6.07, 6.45) is -0.246. The van der Waals surface area contributed by atoms with Gasteiger partial charge in [-0.25, -0.2) is 13.8 Å². The van der Waals surface area contributed by atoms with Crippen molar-refractivity contribution in [2.45, 2.75) is 6.43 Å². The molecule has 0 aliphatic rings. The first-order valence-electron chi connectivity index (χ1n) is 7.96. The minimum atomic E-state index is -2.85. The number of nitrogens with one attached hydrogen (secondary N) is 2. The predicted octanol–water partition coefficient (Wildman–Crippen LogP) is 4.22. The molecule has 0 bridgehead atoms. The molecule has 4 aromatic heterocycles. The van der Waals surface area contributed by atoms with Crippen LogP contribution >= 0.6 is 22.9 Å². The number of nitrogens with two attached hydrogens (primary N) is 1. The molecule has 0 aromatic carbocycles. The van der Waals surface area contributed by atoms with Crippen LogP contribution in [-0.2, 0) is 0 Å². The van der Waals surface area contributed by atoms with E-state index in [4.69, 9.17) is 21.8 Å². The van der Waals surface area contributed by atoms with Crippen LogP contribution in [0.3, 0.4) is 0 Å². The fourth-order valence-corrected chi connectivity index (χ4v) is 3.95. The van der Waals surface area contributed by atoms with Crippen molar-refractivity contribution in [1.82, 2.24) is 15.2 Å². The van der Waals surface area contributed by atoms with Crippen LogP contribution < -0.4 is 11.1 Å². The molecular weight excluding hydrogens is 428 g/mol. The molecule has 0 saturated heterocycles. The minimum Gasteiger partial charge on any atom is -0.464 e. The van der Waals surface area contributed by atoms with Crippen molar-refractivity contribution in [2.75, 3.05) is 5.32 Å². The lowest BCUT2D eigenvalue weighted by atomic mass is 10.1. The number of carbonyl (C=O) groups excluding carboxylic acids is 2. The average Bonchev–Trinajstić information content (AvgIpc) is 3.40. The van der Waals surface area contributed by atoms with Crippen molar-refractivity contribution in [3.63, 3.8) is 0 Å². The van der Waals surface area contributed by atoms with E-state index in [1.807, 2.05) is 0 Å². The Balaban J connectivity index is 1.97. The Morgan fingerprint density at radius 2 is 2.17 bits per heavy atom. The van der Waals surface area contributed by atoms with Gasteiger partial charge in [0.05, 0.1) is 23.2 Å². The van der Waals surface area contributed by atoms with Gasteiger partial charge in [-0.1, -0.05) is 11.6 Å². The summed E-state index contributed by atoms with van der Waals surface area (Å²) in [4.78, 5) is 28.5. The van der Waals surface area contributed by atoms with Gasteiger partial charge in [0, 0.05) is 10.9 Å². The number of H-pyrrole nitrogens is 1. The number of hydrogen-bond acceptors (Lipinski definition) is 6. The topological polar surface area (TPSA) is 127 Å².